The Hall–Kier alpha value is -0.610. The maximum atomic E-state index is 11.3. The molecule has 14 heavy (non-hydrogen) atoms. The van der Waals surface area contributed by atoms with Gasteiger partial charge >= 0.3 is 0 Å². The number of aliphatic hydroxyl groups excluding tert-OH is 1. The zero-order valence-electron chi connectivity index (χ0n) is 8.99. The number of carbonyl (C=O) groups is 1. The lowest BCUT2D eigenvalue weighted by molar-refractivity contribution is -0.121. The molecule has 0 radical (unpaired) electrons. The second-order valence-corrected chi connectivity index (χ2v) is 4.14. The van der Waals surface area contributed by atoms with Crippen LogP contribution >= 0.6 is 0 Å². The molecule has 1 rings (SSSR count). The molecule has 82 valence electrons. The van der Waals surface area contributed by atoms with Gasteiger partial charge in [0.05, 0.1) is 6.10 Å². The first-order valence-electron chi connectivity index (χ1n) is 5.24. The van der Waals surface area contributed by atoms with Crippen LogP contribution in [0.1, 0.15) is 26.2 Å². The number of likely N-dealkylation sites (N-methyl/N-ethyl adjacent to an activating group) is 1. The van der Waals surface area contributed by atoms with Gasteiger partial charge < -0.3 is 15.3 Å². The standard InChI is InChI=1S/C10H20N2O2/c1-8(13)7-12(2)9-4-3-5-11-10(14)6-9/h8-9,13H,3-7H2,1-2H3,(H,11,14). The third kappa shape index (κ3) is 3.64. The van der Waals surface area contributed by atoms with Crippen molar-refractivity contribution in [2.24, 2.45) is 0 Å². The van der Waals surface area contributed by atoms with Gasteiger partial charge in [-0.05, 0) is 26.8 Å². The Kier molecular flexibility index (Phi) is 4.35. The van der Waals surface area contributed by atoms with Crippen LogP contribution < -0.4 is 5.32 Å². The van der Waals surface area contributed by atoms with Gasteiger partial charge in [-0.1, -0.05) is 0 Å². The molecule has 1 aliphatic heterocycles. The summed E-state index contributed by atoms with van der Waals surface area (Å²) in [6.07, 6.45) is 2.29. The summed E-state index contributed by atoms with van der Waals surface area (Å²) in [7, 11) is 1.97. The average molecular weight is 200 g/mol. The Morgan fingerprint density at radius 3 is 3.07 bits per heavy atom. The molecule has 1 aliphatic rings. The molecule has 2 unspecified atom stereocenters. The van der Waals surface area contributed by atoms with Crippen LogP contribution in [0.5, 0.6) is 0 Å². The first-order valence-corrected chi connectivity index (χ1v) is 5.24. The van der Waals surface area contributed by atoms with E-state index in [1.165, 1.54) is 0 Å². The molecule has 0 aromatic rings. The number of carbonyl (C=O) groups excluding carboxylic acids is 1. The van der Waals surface area contributed by atoms with E-state index in [-0.39, 0.29) is 18.1 Å². The maximum absolute atomic E-state index is 11.3. The third-order valence-electron chi connectivity index (χ3n) is 2.63. The highest BCUT2D eigenvalue weighted by molar-refractivity contribution is 5.76. The number of hydrogen-bond donors (Lipinski definition) is 2. The van der Waals surface area contributed by atoms with Crippen molar-refractivity contribution in [3.8, 4) is 0 Å². The molecule has 2 N–H and O–H groups in total. The Morgan fingerprint density at radius 2 is 2.43 bits per heavy atom. The SMILES string of the molecule is CC(O)CN(C)C1CCCNC(=O)C1. The van der Waals surface area contributed by atoms with Gasteiger partial charge in [0.1, 0.15) is 0 Å². The topological polar surface area (TPSA) is 52.6 Å². The summed E-state index contributed by atoms with van der Waals surface area (Å²) < 4.78 is 0. The second kappa shape index (κ2) is 5.32. The minimum absolute atomic E-state index is 0.130. The van der Waals surface area contributed by atoms with Gasteiger partial charge in [0.25, 0.3) is 0 Å². The molecule has 0 saturated carbocycles. The monoisotopic (exact) mass is 200 g/mol. The van der Waals surface area contributed by atoms with E-state index in [1.54, 1.807) is 6.92 Å². The van der Waals surface area contributed by atoms with E-state index in [0.717, 1.165) is 19.4 Å². The third-order valence-corrected chi connectivity index (χ3v) is 2.63. The van der Waals surface area contributed by atoms with Crippen LogP contribution in [-0.4, -0.2) is 48.2 Å². The van der Waals surface area contributed by atoms with Crippen LogP contribution in [0.25, 0.3) is 0 Å². The van der Waals surface area contributed by atoms with Crippen LogP contribution in [-0.2, 0) is 4.79 Å². The maximum Gasteiger partial charge on any atom is 0.221 e. The fraction of sp³-hybridized carbons (Fsp3) is 0.900. The minimum atomic E-state index is -0.327. The molecule has 0 aromatic carbocycles. The first-order chi connectivity index (χ1) is 6.59. The van der Waals surface area contributed by atoms with E-state index in [2.05, 4.69) is 10.2 Å². The van der Waals surface area contributed by atoms with Crippen molar-refractivity contribution in [1.29, 1.82) is 0 Å². The van der Waals surface area contributed by atoms with Crippen LogP contribution in [0.15, 0.2) is 0 Å². The van der Waals surface area contributed by atoms with E-state index in [1.807, 2.05) is 7.05 Å². The lowest BCUT2D eigenvalue weighted by Crippen LogP contribution is -2.38. The minimum Gasteiger partial charge on any atom is -0.392 e. The molecule has 1 heterocycles. The summed E-state index contributed by atoms with van der Waals surface area (Å²) in [4.78, 5) is 13.4. The van der Waals surface area contributed by atoms with Crippen LogP contribution in [0.3, 0.4) is 0 Å². The van der Waals surface area contributed by atoms with Gasteiger partial charge in [-0.3, -0.25) is 4.79 Å². The molecule has 0 aliphatic carbocycles. The lowest BCUT2D eigenvalue weighted by atomic mass is 10.1. The largest absolute Gasteiger partial charge is 0.392 e. The molecule has 1 fully saturated rings. The molecule has 4 heteroatoms. The number of rotatable bonds is 3. The van der Waals surface area contributed by atoms with Gasteiger partial charge in [0.2, 0.25) is 5.91 Å². The summed E-state index contributed by atoms with van der Waals surface area (Å²) in [6.45, 7) is 3.20. The van der Waals surface area contributed by atoms with Gasteiger partial charge in [-0.15, -0.1) is 0 Å². The van der Waals surface area contributed by atoms with Crippen LogP contribution in [0.4, 0.5) is 0 Å². The van der Waals surface area contributed by atoms with Gasteiger partial charge in [-0.2, -0.15) is 0 Å². The lowest BCUT2D eigenvalue weighted by Gasteiger charge is -2.27. The molecule has 2 atom stereocenters. The number of nitrogens with one attached hydrogen (secondary N) is 1. The fourth-order valence-electron chi connectivity index (χ4n) is 1.90. The molecule has 0 spiro atoms. The first kappa shape index (κ1) is 11.5. The van der Waals surface area contributed by atoms with E-state index < -0.39 is 0 Å². The van der Waals surface area contributed by atoms with Crippen molar-refractivity contribution < 1.29 is 9.90 Å². The molecular weight excluding hydrogens is 180 g/mol. The number of hydrogen-bond acceptors (Lipinski definition) is 3. The fourth-order valence-corrected chi connectivity index (χ4v) is 1.90. The van der Waals surface area contributed by atoms with Crippen molar-refractivity contribution >= 4 is 5.91 Å². The van der Waals surface area contributed by atoms with Crippen molar-refractivity contribution in [3.05, 3.63) is 0 Å². The quantitative estimate of drug-likeness (QED) is 0.672. The zero-order valence-corrected chi connectivity index (χ0v) is 8.99. The summed E-state index contributed by atoms with van der Waals surface area (Å²) in [5, 5.41) is 12.1. The Morgan fingerprint density at radius 1 is 1.71 bits per heavy atom. The average Bonchev–Trinajstić information content (AvgIpc) is 2.28. The highest BCUT2D eigenvalue weighted by atomic mass is 16.3. The zero-order chi connectivity index (χ0) is 10.6. The predicted octanol–water partition coefficient (Wildman–Crippen LogP) is -0.0323. The van der Waals surface area contributed by atoms with E-state index >= 15 is 0 Å². The molecule has 1 amide bonds. The van der Waals surface area contributed by atoms with Gasteiger partial charge in [0, 0.05) is 25.6 Å². The normalized spacial score (nSPS) is 25.7. The molecule has 0 aromatic heterocycles. The number of aliphatic hydroxyl groups is 1. The van der Waals surface area contributed by atoms with Crippen LogP contribution in [0.2, 0.25) is 0 Å². The highest BCUT2D eigenvalue weighted by Crippen LogP contribution is 2.12. The van der Waals surface area contributed by atoms with Crippen molar-refractivity contribution in [1.82, 2.24) is 10.2 Å². The van der Waals surface area contributed by atoms with Gasteiger partial charge in [-0.25, -0.2) is 0 Å². The van der Waals surface area contributed by atoms with E-state index in [0.29, 0.717) is 13.0 Å². The summed E-state index contributed by atoms with van der Waals surface area (Å²) >= 11 is 0. The van der Waals surface area contributed by atoms with Crippen molar-refractivity contribution in [2.45, 2.75) is 38.3 Å². The van der Waals surface area contributed by atoms with E-state index in [9.17, 15) is 9.90 Å². The van der Waals surface area contributed by atoms with E-state index in [4.69, 9.17) is 0 Å². The Balaban J connectivity index is 2.43. The number of nitrogens with zero attached hydrogens (tertiary/aromatic N) is 1. The summed E-state index contributed by atoms with van der Waals surface area (Å²) in [6, 6.07) is 0.284. The second-order valence-electron chi connectivity index (χ2n) is 4.14. The smallest absolute Gasteiger partial charge is 0.221 e. The molecular formula is C10H20N2O2. The van der Waals surface area contributed by atoms with Crippen molar-refractivity contribution in [3.63, 3.8) is 0 Å². The summed E-state index contributed by atoms with van der Waals surface area (Å²) in [5.41, 5.74) is 0. The Bertz CT molecular complexity index is 195. The predicted molar refractivity (Wildman–Crippen MR) is 55.0 cm³/mol. The van der Waals surface area contributed by atoms with Crippen molar-refractivity contribution in [2.75, 3.05) is 20.1 Å². The Labute approximate surface area is 85.3 Å². The number of amides is 1. The molecule has 4 nitrogen and oxygen atoms in total. The molecule has 1 saturated heterocycles. The van der Waals surface area contributed by atoms with Gasteiger partial charge in [0.15, 0.2) is 0 Å². The molecule has 0 bridgehead atoms. The highest BCUT2D eigenvalue weighted by Gasteiger charge is 2.21. The summed E-state index contributed by atoms with van der Waals surface area (Å²) in [5.74, 6) is 0.130. The van der Waals surface area contributed by atoms with Crippen LogP contribution in [0, 0.1) is 0 Å².